The van der Waals surface area contributed by atoms with Crippen LogP contribution in [-0.2, 0) is 14.3 Å². The molecule has 0 heterocycles. The quantitative estimate of drug-likeness (QED) is 0.706. The number of methoxy groups -OCH3 is 1. The lowest BCUT2D eigenvalue weighted by Gasteiger charge is -2.25. The molecule has 1 saturated carbocycles. The van der Waals surface area contributed by atoms with Crippen LogP contribution in [-0.4, -0.2) is 48.7 Å². The monoisotopic (exact) mass is 285 g/mol. The van der Waals surface area contributed by atoms with Gasteiger partial charge in [0.05, 0.1) is 13.0 Å². The maximum absolute atomic E-state index is 12.2. The second-order valence-corrected chi connectivity index (χ2v) is 5.56. The Balaban J connectivity index is 2.34. The van der Waals surface area contributed by atoms with E-state index in [1.807, 2.05) is 0 Å². The predicted molar refractivity (Wildman–Crippen MR) is 76.5 cm³/mol. The number of nitrogens with zero attached hydrogens (tertiary/aromatic N) is 1. The number of rotatable bonds is 9. The fourth-order valence-corrected chi connectivity index (χ4v) is 2.75. The Bertz CT molecular complexity index is 300. The zero-order valence-corrected chi connectivity index (χ0v) is 12.5. The van der Waals surface area contributed by atoms with Gasteiger partial charge in [-0.3, -0.25) is 9.59 Å². The van der Waals surface area contributed by atoms with Crippen LogP contribution in [0.1, 0.15) is 51.4 Å². The molecule has 0 unspecified atom stereocenters. The second-order valence-electron chi connectivity index (χ2n) is 5.56. The Morgan fingerprint density at radius 3 is 2.45 bits per heavy atom. The molecular weight excluding hydrogens is 258 g/mol. The molecule has 0 saturated heterocycles. The zero-order valence-electron chi connectivity index (χ0n) is 12.5. The number of carbonyl (C=O) groups is 2. The number of hydrogen-bond donors (Lipinski definition) is 1. The van der Waals surface area contributed by atoms with Crippen molar-refractivity contribution < 1.29 is 19.4 Å². The largest absolute Gasteiger partial charge is 0.481 e. The fourth-order valence-electron chi connectivity index (χ4n) is 2.75. The van der Waals surface area contributed by atoms with Crippen LogP contribution < -0.4 is 0 Å². The minimum absolute atomic E-state index is 0.00111. The summed E-state index contributed by atoms with van der Waals surface area (Å²) in [7, 11) is 1.59. The Morgan fingerprint density at radius 1 is 1.15 bits per heavy atom. The fraction of sp³-hybridized carbons (Fsp3) is 0.867. The van der Waals surface area contributed by atoms with Crippen LogP contribution >= 0.6 is 0 Å². The molecule has 116 valence electrons. The van der Waals surface area contributed by atoms with E-state index >= 15 is 0 Å². The highest BCUT2D eigenvalue weighted by Crippen LogP contribution is 2.27. The lowest BCUT2D eigenvalue weighted by molar-refractivity contribution is -0.138. The number of hydrogen-bond acceptors (Lipinski definition) is 3. The summed E-state index contributed by atoms with van der Waals surface area (Å²) in [5.41, 5.74) is 0. The number of carboxylic acids is 1. The molecule has 1 aliphatic carbocycles. The number of ether oxygens (including phenoxy) is 1. The summed E-state index contributed by atoms with van der Waals surface area (Å²) in [6, 6.07) is 0. The van der Waals surface area contributed by atoms with E-state index in [2.05, 4.69) is 0 Å². The van der Waals surface area contributed by atoms with Crippen molar-refractivity contribution in [3.8, 4) is 0 Å². The summed E-state index contributed by atoms with van der Waals surface area (Å²) in [6.07, 6.45) is 7.84. The first kappa shape index (κ1) is 17.0. The van der Waals surface area contributed by atoms with E-state index in [0.29, 0.717) is 25.5 Å². The first-order valence-corrected chi connectivity index (χ1v) is 7.62. The molecule has 0 aromatic heterocycles. The molecule has 0 bridgehead atoms. The van der Waals surface area contributed by atoms with Crippen molar-refractivity contribution in [1.82, 2.24) is 4.90 Å². The van der Waals surface area contributed by atoms with Gasteiger partial charge in [0.2, 0.25) is 5.91 Å². The van der Waals surface area contributed by atoms with Crippen LogP contribution in [0.2, 0.25) is 0 Å². The molecule has 0 aromatic rings. The Kier molecular flexibility index (Phi) is 8.26. The molecular formula is C15H27NO4. The van der Waals surface area contributed by atoms with Gasteiger partial charge in [0, 0.05) is 26.6 Å². The van der Waals surface area contributed by atoms with Crippen molar-refractivity contribution in [1.29, 1.82) is 0 Å². The van der Waals surface area contributed by atoms with Crippen LogP contribution in [0.3, 0.4) is 0 Å². The maximum atomic E-state index is 12.2. The summed E-state index contributed by atoms with van der Waals surface area (Å²) in [5.74, 6) is -0.127. The molecule has 20 heavy (non-hydrogen) atoms. The molecule has 0 aromatic carbocycles. The summed E-state index contributed by atoms with van der Waals surface area (Å²) in [4.78, 5) is 24.4. The summed E-state index contributed by atoms with van der Waals surface area (Å²) >= 11 is 0. The third kappa shape index (κ3) is 6.89. The van der Waals surface area contributed by atoms with Crippen LogP contribution in [0.5, 0.6) is 0 Å². The minimum atomic E-state index is -0.868. The van der Waals surface area contributed by atoms with E-state index < -0.39 is 5.97 Å². The standard InChI is InChI=1S/C15H27NO4/c1-20-12-11-16(10-9-15(18)19)14(17)8-7-13-5-3-2-4-6-13/h13H,2-12H2,1H3,(H,18,19). The lowest BCUT2D eigenvalue weighted by atomic mass is 9.86. The summed E-state index contributed by atoms with van der Waals surface area (Å²) < 4.78 is 4.98. The van der Waals surface area contributed by atoms with Crippen molar-refractivity contribution in [3.63, 3.8) is 0 Å². The molecule has 0 radical (unpaired) electrons. The first-order chi connectivity index (χ1) is 9.63. The van der Waals surface area contributed by atoms with Crippen LogP contribution in [0.4, 0.5) is 0 Å². The predicted octanol–water partition coefficient (Wildman–Crippen LogP) is 2.30. The van der Waals surface area contributed by atoms with Gasteiger partial charge in [0.25, 0.3) is 0 Å². The third-order valence-corrected chi connectivity index (χ3v) is 4.00. The van der Waals surface area contributed by atoms with Crippen LogP contribution in [0, 0.1) is 5.92 Å². The third-order valence-electron chi connectivity index (χ3n) is 4.00. The Labute approximate surface area is 121 Å². The molecule has 1 fully saturated rings. The zero-order chi connectivity index (χ0) is 14.8. The summed E-state index contributed by atoms with van der Waals surface area (Å²) in [6.45, 7) is 1.21. The number of amides is 1. The number of carbonyl (C=O) groups excluding carboxylic acids is 1. The smallest absolute Gasteiger partial charge is 0.305 e. The Hall–Kier alpha value is -1.10. The van der Waals surface area contributed by atoms with Gasteiger partial charge in [-0.25, -0.2) is 0 Å². The molecule has 1 N–H and O–H groups in total. The van der Waals surface area contributed by atoms with Crippen molar-refractivity contribution >= 4 is 11.9 Å². The molecule has 1 rings (SSSR count). The highest BCUT2D eigenvalue weighted by molar-refractivity contribution is 5.77. The SMILES string of the molecule is COCCN(CCC(=O)O)C(=O)CCC1CCCCC1. The van der Waals surface area contributed by atoms with Gasteiger partial charge >= 0.3 is 5.97 Å². The van der Waals surface area contributed by atoms with Gasteiger partial charge in [-0.1, -0.05) is 32.1 Å². The van der Waals surface area contributed by atoms with Gasteiger partial charge in [0.15, 0.2) is 0 Å². The van der Waals surface area contributed by atoms with E-state index in [-0.39, 0.29) is 18.9 Å². The van der Waals surface area contributed by atoms with Crippen molar-refractivity contribution in [2.75, 3.05) is 26.8 Å². The second kappa shape index (κ2) is 9.75. The molecule has 0 aliphatic heterocycles. The molecule has 1 amide bonds. The van der Waals surface area contributed by atoms with E-state index in [4.69, 9.17) is 9.84 Å². The molecule has 5 heteroatoms. The minimum Gasteiger partial charge on any atom is -0.481 e. The molecule has 0 atom stereocenters. The lowest BCUT2D eigenvalue weighted by Crippen LogP contribution is -2.35. The Morgan fingerprint density at radius 2 is 1.85 bits per heavy atom. The number of carboxylic acid groups (broad SMARTS) is 1. The van der Waals surface area contributed by atoms with Crippen LogP contribution in [0.25, 0.3) is 0 Å². The van der Waals surface area contributed by atoms with E-state index in [1.54, 1.807) is 12.0 Å². The van der Waals surface area contributed by atoms with Gasteiger partial charge in [0.1, 0.15) is 0 Å². The van der Waals surface area contributed by atoms with E-state index in [1.165, 1.54) is 32.1 Å². The summed E-state index contributed by atoms with van der Waals surface area (Å²) in [5, 5.41) is 8.73. The normalized spacial score (nSPS) is 16.1. The van der Waals surface area contributed by atoms with Gasteiger partial charge in [-0.15, -0.1) is 0 Å². The maximum Gasteiger partial charge on any atom is 0.305 e. The molecule has 1 aliphatic rings. The average molecular weight is 285 g/mol. The highest BCUT2D eigenvalue weighted by Gasteiger charge is 2.18. The topological polar surface area (TPSA) is 66.8 Å². The van der Waals surface area contributed by atoms with Crippen molar-refractivity contribution in [2.45, 2.75) is 51.4 Å². The van der Waals surface area contributed by atoms with E-state index in [0.717, 1.165) is 6.42 Å². The van der Waals surface area contributed by atoms with Crippen LogP contribution in [0.15, 0.2) is 0 Å². The molecule has 0 spiro atoms. The van der Waals surface area contributed by atoms with E-state index in [9.17, 15) is 9.59 Å². The van der Waals surface area contributed by atoms with Gasteiger partial charge in [-0.2, -0.15) is 0 Å². The van der Waals surface area contributed by atoms with Crippen molar-refractivity contribution in [3.05, 3.63) is 0 Å². The number of aliphatic carboxylic acids is 1. The van der Waals surface area contributed by atoms with Crippen molar-refractivity contribution in [2.24, 2.45) is 5.92 Å². The highest BCUT2D eigenvalue weighted by atomic mass is 16.5. The van der Waals surface area contributed by atoms with Gasteiger partial charge < -0.3 is 14.7 Å². The first-order valence-electron chi connectivity index (χ1n) is 7.62. The average Bonchev–Trinajstić information content (AvgIpc) is 2.45. The van der Waals surface area contributed by atoms with Gasteiger partial charge in [-0.05, 0) is 12.3 Å². The molecule has 5 nitrogen and oxygen atoms in total.